The van der Waals surface area contributed by atoms with Gasteiger partial charge in [-0.2, -0.15) is 0 Å². The summed E-state index contributed by atoms with van der Waals surface area (Å²) in [4.78, 5) is 24.3. The second-order valence-electron chi connectivity index (χ2n) is 8.29. The number of amides is 1. The molecule has 0 spiro atoms. The maximum absolute atomic E-state index is 13.6. The smallest absolute Gasteiger partial charge is 0.412 e. The fourth-order valence-corrected chi connectivity index (χ4v) is 4.13. The average molecular weight is 486 g/mol. The number of furan rings is 1. The Morgan fingerprint density at radius 3 is 2.46 bits per heavy atom. The van der Waals surface area contributed by atoms with Crippen LogP contribution in [0.4, 0.5) is 14.9 Å². The van der Waals surface area contributed by atoms with Crippen LogP contribution in [0.15, 0.2) is 40.8 Å². The largest absolute Gasteiger partial charge is 0.489 e. The van der Waals surface area contributed by atoms with Gasteiger partial charge in [0, 0.05) is 36.7 Å². The van der Waals surface area contributed by atoms with Crippen molar-refractivity contribution in [3.8, 4) is 17.1 Å². The van der Waals surface area contributed by atoms with Gasteiger partial charge in [-0.05, 0) is 51.1 Å². The number of benzene rings is 2. The maximum Gasteiger partial charge on any atom is 0.412 e. The van der Waals surface area contributed by atoms with Crippen molar-refractivity contribution in [2.75, 3.05) is 37.9 Å². The second-order valence-corrected chi connectivity index (χ2v) is 8.29. The van der Waals surface area contributed by atoms with E-state index >= 15 is 0 Å². The van der Waals surface area contributed by atoms with E-state index in [9.17, 15) is 14.0 Å². The van der Waals surface area contributed by atoms with Crippen LogP contribution in [0.5, 0.6) is 5.75 Å². The Morgan fingerprint density at radius 1 is 1.17 bits per heavy atom. The van der Waals surface area contributed by atoms with E-state index in [-0.39, 0.29) is 17.4 Å². The average Bonchev–Trinajstić information content (AvgIpc) is 3.18. The molecular weight excluding hydrogens is 457 g/mol. The summed E-state index contributed by atoms with van der Waals surface area (Å²) in [6.45, 7) is 9.13. The molecule has 0 saturated carbocycles. The van der Waals surface area contributed by atoms with Crippen molar-refractivity contribution >= 4 is 28.7 Å². The first kappa shape index (κ1) is 24.5. The van der Waals surface area contributed by atoms with Crippen molar-refractivity contribution < 1.29 is 32.6 Å². The predicted molar refractivity (Wildman–Crippen MR) is 128 cm³/mol. The third-order valence-electron chi connectivity index (χ3n) is 5.54. The lowest BCUT2D eigenvalue weighted by molar-refractivity contribution is 0.0319. The van der Waals surface area contributed by atoms with Crippen LogP contribution in [0.25, 0.3) is 22.3 Å². The third-order valence-corrected chi connectivity index (χ3v) is 5.54. The lowest BCUT2D eigenvalue weighted by atomic mass is 10.0. The van der Waals surface area contributed by atoms with Gasteiger partial charge < -0.3 is 29.4 Å². The highest BCUT2D eigenvalue weighted by atomic mass is 19.1. The molecule has 1 aliphatic rings. The van der Waals surface area contributed by atoms with E-state index in [0.29, 0.717) is 55.1 Å². The van der Waals surface area contributed by atoms with Crippen LogP contribution in [0.2, 0.25) is 0 Å². The van der Waals surface area contributed by atoms with Gasteiger partial charge in [-0.25, -0.2) is 19.0 Å². The highest BCUT2D eigenvalue weighted by molar-refractivity contribution is 6.12. The van der Waals surface area contributed by atoms with Crippen molar-refractivity contribution in [1.82, 2.24) is 5.01 Å². The number of hydrazine groups is 1. The fourth-order valence-electron chi connectivity index (χ4n) is 4.13. The molecule has 0 atom stereocenters. The Hall–Kier alpha value is -3.63. The minimum atomic E-state index is -1.24. The molecule has 2 aromatic carbocycles. The molecule has 186 valence electrons. The first-order chi connectivity index (χ1) is 16.8. The summed E-state index contributed by atoms with van der Waals surface area (Å²) in [6.07, 6.45) is -1.40. The number of ether oxygens (including phenoxy) is 3. The van der Waals surface area contributed by atoms with Crippen molar-refractivity contribution in [2.45, 2.75) is 26.9 Å². The topological polar surface area (TPSA) is 107 Å². The minimum Gasteiger partial charge on any atom is -0.489 e. The Kier molecular flexibility index (Phi) is 7.23. The number of carbonyl (C=O) groups excluding carboxylic acids is 2. The number of esters is 1. The van der Waals surface area contributed by atoms with Crippen LogP contribution in [0.1, 0.15) is 31.1 Å². The summed E-state index contributed by atoms with van der Waals surface area (Å²) in [6, 6.07) is 8.95. The Balaban J connectivity index is 1.93. The van der Waals surface area contributed by atoms with Gasteiger partial charge in [0.15, 0.2) is 0 Å². The molecule has 2 heterocycles. The first-order valence-electron chi connectivity index (χ1n) is 11.4. The molecule has 1 aromatic heterocycles. The van der Waals surface area contributed by atoms with E-state index in [4.69, 9.17) is 24.4 Å². The number of carbonyl (C=O) groups is 2. The van der Waals surface area contributed by atoms with E-state index in [1.807, 2.05) is 20.8 Å². The number of rotatable bonds is 7. The van der Waals surface area contributed by atoms with Crippen LogP contribution in [0, 0.1) is 5.82 Å². The van der Waals surface area contributed by atoms with E-state index < -0.39 is 17.9 Å². The number of nitrogens with zero attached hydrogens (tertiary/aromatic N) is 2. The van der Waals surface area contributed by atoms with Gasteiger partial charge in [0.2, 0.25) is 0 Å². The van der Waals surface area contributed by atoms with Crippen LogP contribution in [0.3, 0.4) is 0 Å². The van der Waals surface area contributed by atoms with Crippen molar-refractivity contribution in [3.63, 3.8) is 0 Å². The van der Waals surface area contributed by atoms with Gasteiger partial charge in [-0.1, -0.05) is 0 Å². The zero-order valence-corrected chi connectivity index (χ0v) is 19.9. The number of primary amides is 1. The van der Waals surface area contributed by atoms with Crippen LogP contribution < -0.4 is 15.5 Å². The van der Waals surface area contributed by atoms with E-state index in [2.05, 4.69) is 10.0 Å². The molecule has 2 N–H and O–H groups in total. The van der Waals surface area contributed by atoms with Crippen LogP contribution in [-0.4, -0.2) is 56.0 Å². The number of morpholine rings is 1. The van der Waals surface area contributed by atoms with Gasteiger partial charge in [-0.15, -0.1) is 0 Å². The molecule has 0 unspecified atom stereocenters. The predicted octanol–water partition coefficient (Wildman–Crippen LogP) is 4.34. The Morgan fingerprint density at radius 2 is 1.86 bits per heavy atom. The van der Waals surface area contributed by atoms with Crippen molar-refractivity contribution in [1.29, 1.82) is 0 Å². The van der Waals surface area contributed by atoms with Crippen LogP contribution >= 0.6 is 0 Å². The summed E-state index contributed by atoms with van der Waals surface area (Å²) in [5.74, 6) is -0.752. The summed E-state index contributed by atoms with van der Waals surface area (Å²) < 4.78 is 36.0. The molecule has 3 aromatic rings. The molecular formula is C25H28FN3O6. The Labute approximate surface area is 202 Å². The lowest BCUT2D eigenvalue weighted by Gasteiger charge is -2.39. The van der Waals surface area contributed by atoms with Crippen molar-refractivity contribution in [2.24, 2.45) is 5.73 Å². The summed E-state index contributed by atoms with van der Waals surface area (Å²) >= 11 is 0. The highest BCUT2D eigenvalue weighted by Crippen LogP contribution is 2.41. The van der Waals surface area contributed by atoms with Gasteiger partial charge in [0.25, 0.3) is 0 Å². The van der Waals surface area contributed by atoms with Crippen LogP contribution in [-0.2, 0) is 9.47 Å². The molecule has 35 heavy (non-hydrogen) atoms. The number of halogens is 1. The molecule has 1 amide bonds. The monoisotopic (exact) mass is 485 g/mol. The molecule has 0 aliphatic carbocycles. The van der Waals surface area contributed by atoms with E-state index in [1.54, 1.807) is 12.1 Å². The molecule has 10 heteroatoms. The zero-order chi connectivity index (χ0) is 25.1. The first-order valence-corrected chi connectivity index (χ1v) is 11.4. The molecule has 0 radical (unpaired) electrons. The Bertz CT molecular complexity index is 1220. The quantitative estimate of drug-likeness (QED) is 0.389. The number of hydrogen-bond acceptors (Lipinski definition) is 8. The maximum atomic E-state index is 13.6. The molecule has 4 rings (SSSR count). The molecule has 1 saturated heterocycles. The third kappa shape index (κ3) is 5.23. The normalized spacial score (nSPS) is 14.3. The molecule has 1 fully saturated rings. The molecule has 0 bridgehead atoms. The summed E-state index contributed by atoms with van der Waals surface area (Å²) in [7, 11) is 0. The van der Waals surface area contributed by atoms with Gasteiger partial charge in [0.05, 0.1) is 25.0 Å². The number of nitrogens with two attached hydrogens (primary N) is 1. The van der Waals surface area contributed by atoms with Gasteiger partial charge in [-0.3, -0.25) is 0 Å². The number of anilines is 1. The zero-order valence-electron chi connectivity index (χ0n) is 19.9. The van der Waals surface area contributed by atoms with Gasteiger partial charge >= 0.3 is 12.1 Å². The van der Waals surface area contributed by atoms with E-state index in [1.165, 1.54) is 24.3 Å². The highest BCUT2D eigenvalue weighted by Gasteiger charge is 2.29. The second kappa shape index (κ2) is 10.3. The number of fused-ring (bicyclic) bond motifs is 1. The van der Waals surface area contributed by atoms with Crippen molar-refractivity contribution in [3.05, 3.63) is 47.8 Å². The fraction of sp³-hybridized carbons (Fsp3) is 0.360. The SMILES string of the molecule is CCN(c1cc2oc(-c3ccc(F)cc3)c(C(=O)OC(N)=O)c2cc1OC(C)C)N1CCOCC1. The standard InChI is InChI=1S/C25H28FN3O6/c1-4-29(28-9-11-32-12-10-28)19-14-20-18(13-21(19)33-15(2)3)22(24(30)35-25(27)31)23(34-20)16-5-7-17(26)8-6-16/h5-8,13-15H,4,9-12H2,1-3H3,(H2,27,31). The summed E-state index contributed by atoms with van der Waals surface area (Å²) in [5.41, 5.74) is 6.67. The minimum absolute atomic E-state index is 0.0000136. The summed E-state index contributed by atoms with van der Waals surface area (Å²) in [5, 5.41) is 4.64. The number of hydrogen-bond donors (Lipinski definition) is 1. The molecule has 1 aliphatic heterocycles. The van der Waals surface area contributed by atoms with Gasteiger partial charge in [0.1, 0.15) is 28.5 Å². The lowest BCUT2D eigenvalue weighted by Crippen LogP contribution is -2.49. The molecule has 9 nitrogen and oxygen atoms in total. The van der Waals surface area contributed by atoms with E-state index in [0.717, 1.165) is 5.69 Å².